The molecule has 99 valence electrons. The summed E-state index contributed by atoms with van der Waals surface area (Å²) in [5.41, 5.74) is 10.4. The minimum atomic E-state index is -4.67. The van der Waals surface area contributed by atoms with E-state index in [4.69, 9.17) is 34.1 Å². The van der Waals surface area contributed by atoms with E-state index in [1.54, 1.807) is 0 Å². The zero-order valence-electron chi connectivity index (χ0n) is 8.41. The second kappa shape index (κ2) is 11.3. The Morgan fingerprint density at radius 3 is 1.88 bits per heavy atom. The summed E-state index contributed by atoms with van der Waals surface area (Å²) < 4.78 is 31.6. The average molecular weight is 299 g/mol. The fourth-order valence-electron chi connectivity index (χ4n) is 0.632. The van der Waals surface area contributed by atoms with Gasteiger partial charge in [-0.25, -0.2) is 0 Å². The molecule has 0 aliphatic rings. The molecule has 0 aromatic rings. The van der Waals surface area contributed by atoms with Gasteiger partial charge in [0.1, 0.15) is 6.04 Å². The molecule has 0 fully saturated rings. The number of rotatable bonds is 5. The Balaban J connectivity index is -0.000000242. The van der Waals surface area contributed by atoms with Gasteiger partial charge in [0.05, 0.1) is 0 Å². The molecule has 0 aliphatic carbocycles. The number of carboxylic acid groups (broad SMARTS) is 1. The van der Waals surface area contributed by atoms with E-state index >= 15 is 0 Å². The second-order valence-corrected chi connectivity index (χ2v) is 3.57. The Labute approximate surface area is 104 Å². The van der Waals surface area contributed by atoms with Crippen molar-refractivity contribution < 1.29 is 44.5 Å². The molecular formula is C6H16MnN2O6S. The maximum Gasteiger partial charge on any atom is 0.394 e. The van der Waals surface area contributed by atoms with E-state index in [2.05, 4.69) is 0 Å². The normalized spacial score (nSPS) is 11.8. The topological polar surface area (TPSA) is 164 Å². The number of nitrogens with two attached hydrogens (primary N) is 2. The van der Waals surface area contributed by atoms with Crippen LogP contribution in [0.15, 0.2) is 0 Å². The molecular weight excluding hydrogens is 283 g/mol. The van der Waals surface area contributed by atoms with E-state index in [0.29, 0.717) is 13.0 Å². The van der Waals surface area contributed by atoms with Crippen LogP contribution in [0.5, 0.6) is 0 Å². The van der Waals surface area contributed by atoms with Gasteiger partial charge in [0.25, 0.3) is 0 Å². The van der Waals surface area contributed by atoms with Crippen LogP contribution in [0.25, 0.3) is 0 Å². The van der Waals surface area contributed by atoms with Crippen LogP contribution in [0.3, 0.4) is 0 Å². The first kappa shape index (κ1) is 21.1. The number of aliphatic carboxylic acids is 1. The molecule has 0 saturated carbocycles. The summed E-state index contributed by atoms with van der Waals surface area (Å²) in [4.78, 5) is 10.1. The predicted molar refractivity (Wildman–Crippen MR) is 52.7 cm³/mol. The van der Waals surface area contributed by atoms with Crippen molar-refractivity contribution in [3.05, 3.63) is 0 Å². The van der Waals surface area contributed by atoms with Crippen molar-refractivity contribution in [3.8, 4) is 0 Å². The molecule has 1 unspecified atom stereocenters. The molecule has 8 nitrogen and oxygen atoms in total. The zero-order chi connectivity index (χ0) is 12.5. The monoisotopic (exact) mass is 299 g/mol. The van der Waals surface area contributed by atoms with Gasteiger partial charge >= 0.3 is 16.4 Å². The van der Waals surface area contributed by atoms with Crippen molar-refractivity contribution >= 4 is 16.4 Å². The summed E-state index contributed by atoms with van der Waals surface area (Å²) in [6.07, 6.45) is 2.16. The molecule has 0 heterocycles. The van der Waals surface area contributed by atoms with E-state index < -0.39 is 22.4 Å². The van der Waals surface area contributed by atoms with E-state index in [1.165, 1.54) is 0 Å². The fraction of sp³-hybridized carbons (Fsp3) is 0.833. The van der Waals surface area contributed by atoms with Gasteiger partial charge in [0.15, 0.2) is 0 Å². The first-order valence-electron chi connectivity index (χ1n) is 4.06. The summed E-state index contributed by atoms with van der Waals surface area (Å²) in [5.74, 6) is -0.933. The Hall–Kier alpha value is -0.221. The third-order valence-electron chi connectivity index (χ3n) is 1.29. The maximum atomic E-state index is 10.1. The van der Waals surface area contributed by atoms with E-state index in [0.717, 1.165) is 12.8 Å². The molecule has 0 aliphatic heterocycles. The molecule has 10 heteroatoms. The van der Waals surface area contributed by atoms with Crippen molar-refractivity contribution in [2.45, 2.75) is 25.3 Å². The smallest absolute Gasteiger partial charge is 0.394 e. The summed E-state index contributed by atoms with van der Waals surface area (Å²) >= 11 is 0. The Morgan fingerprint density at radius 1 is 1.25 bits per heavy atom. The van der Waals surface area contributed by atoms with Gasteiger partial charge in [-0.2, -0.15) is 8.42 Å². The number of carbonyl (C=O) groups is 1. The zero-order valence-corrected chi connectivity index (χ0v) is 10.4. The van der Waals surface area contributed by atoms with Crippen molar-refractivity contribution in [1.29, 1.82) is 0 Å². The SMILES string of the molecule is NCCCCC(N)C(=O)O.O=S(=O)(O)O.[Mn]. The molecule has 1 atom stereocenters. The van der Waals surface area contributed by atoms with E-state index in [1.807, 2.05) is 0 Å². The molecule has 1 radical (unpaired) electrons. The van der Waals surface area contributed by atoms with Crippen LogP contribution < -0.4 is 11.5 Å². The Bertz CT molecular complexity index is 262. The van der Waals surface area contributed by atoms with Crippen LogP contribution >= 0.6 is 0 Å². The summed E-state index contributed by atoms with van der Waals surface area (Å²) in [7, 11) is -4.67. The first-order chi connectivity index (χ1) is 6.68. The minimum Gasteiger partial charge on any atom is -0.480 e. The van der Waals surface area contributed by atoms with Crippen molar-refractivity contribution in [3.63, 3.8) is 0 Å². The first-order valence-corrected chi connectivity index (χ1v) is 5.46. The minimum absolute atomic E-state index is 0. The largest absolute Gasteiger partial charge is 0.480 e. The van der Waals surface area contributed by atoms with Gasteiger partial charge in [-0.3, -0.25) is 13.9 Å². The number of carboxylic acids is 1. The quantitative estimate of drug-likeness (QED) is 0.242. The van der Waals surface area contributed by atoms with Crippen LogP contribution in [-0.4, -0.2) is 41.2 Å². The third-order valence-corrected chi connectivity index (χ3v) is 1.29. The van der Waals surface area contributed by atoms with Crippen LogP contribution in [-0.2, 0) is 32.3 Å². The van der Waals surface area contributed by atoms with Crippen LogP contribution in [0.1, 0.15) is 19.3 Å². The molecule has 0 rings (SSSR count). The number of hydrogen-bond acceptors (Lipinski definition) is 5. The van der Waals surface area contributed by atoms with Gasteiger partial charge in [0.2, 0.25) is 0 Å². The van der Waals surface area contributed by atoms with Crippen molar-refractivity contribution in [2.24, 2.45) is 11.5 Å². The third kappa shape index (κ3) is 29.2. The fourth-order valence-corrected chi connectivity index (χ4v) is 0.632. The van der Waals surface area contributed by atoms with Crippen LogP contribution in [0.4, 0.5) is 0 Å². The van der Waals surface area contributed by atoms with Gasteiger partial charge in [-0.15, -0.1) is 0 Å². The predicted octanol–water partition coefficient (Wildman–Crippen LogP) is -1.13. The molecule has 7 N–H and O–H groups in total. The molecule has 0 bridgehead atoms. The van der Waals surface area contributed by atoms with Gasteiger partial charge < -0.3 is 16.6 Å². The van der Waals surface area contributed by atoms with E-state index in [-0.39, 0.29) is 17.1 Å². The van der Waals surface area contributed by atoms with Crippen molar-refractivity contribution in [1.82, 2.24) is 0 Å². The molecule has 0 aromatic carbocycles. The van der Waals surface area contributed by atoms with Crippen LogP contribution in [0, 0.1) is 0 Å². The molecule has 0 aromatic heterocycles. The van der Waals surface area contributed by atoms with Gasteiger partial charge in [0, 0.05) is 17.1 Å². The molecule has 0 saturated heterocycles. The van der Waals surface area contributed by atoms with Gasteiger partial charge in [-0.1, -0.05) is 6.42 Å². The second-order valence-electron chi connectivity index (χ2n) is 2.68. The Kier molecular flexibility index (Phi) is 14.9. The molecule has 16 heavy (non-hydrogen) atoms. The molecule has 0 amide bonds. The number of unbranched alkanes of at least 4 members (excludes halogenated alkanes) is 1. The summed E-state index contributed by atoms with van der Waals surface area (Å²) in [5, 5.41) is 8.33. The van der Waals surface area contributed by atoms with Gasteiger partial charge in [-0.05, 0) is 19.4 Å². The summed E-state index contributed by atoms with van der Waals surface area (Å²) in [6, 6.07) is -0.716. The molecule has 0 spiro atoms. The summed E-state index contributed by atoms with van der Waals surface area (Å²) in [6.45, 7) is 0.604. The average Bonchev–Trinajstić information content (AvgIpc) is 2.01. The maximum absolute atomic E-state index is 10.1. The standard InChI is InChI=1S/C6H14N2O2.Mn.H2O4S/c7-4-2-1-3-5(8)6(9)10;;1-5(2,3)4/h5H,1-4,7-8H2,(H,9,10);;(H2,1,2,3,4). The Morgan fingerprint density at radius 2 is 1.62 bits per heavy atom. The van der Waals surface area contributed by atoms with Crippen molar-refractivity contribution in [2.75, 3.05) is 6.54 Å². The van der Waals surface area contributed by atoms with E-state index in [9.17, 15) is 4.79 Å². The number of hydrogen-bond donors (Lipinski definition) is 5. The van der Waals surface area contributed by atoms with Crippen LogP contribution in [0.2, 0.25) is 0 Å².